The van der Waals surface area contributed by atoms with Crippen molar-refractivity contribution >= 4 is 44.3 Å². The SMILES string of the molecule is CN(c1nccnc1CNc1nc(Cl)nc2c1cnn2C1CCCCO1)S(C)(=O)=O. The van der Waals surface area contributed by atoms with E-state index in [0.717, 1.165) is 29.8 Å². The van der Waals surface area contributed by atoms with Crippen LogP contribution in [-0.4, -0.2) is 58.0 Å². The van der Waals surface area contributed by atoms with E-state index < -0.39 is 10.0 Å². The van der Waals surface area contributed by atoms with Crippen molar-refractivity contribution in [2.75, 3.05) is 29.5 Å². The Morgan fingerprint density at radius 2 is 2.10 bits per heavy atom. The summed E-state index contributed by atoms with van der Waals surface area (Å²) >= 11 is 6.16. The Hall–Kier alpha value is -2.57. The summed E-state index contributed by atoms with van der Waals surface area (Å²) in [5, 5.41) is 8.32. The van der Waals surface area contributed by atoms with E-state index in [1.807, 2.05) is 0 Å². The minimum atomic E-state index is -3.48. The van der Waals surface area contributed by atoms with Gasteiger partial charge < -0.3 is 10.1 Å². The van der Waals surface area contributed by atoms with Crippen molar-refractivity contribution in [1.82, 2.24) is 29.7 Å². The lowest BCUT2D eigenvalue weighted by Crippen LogP contribution is -2.27. The van der Waals surface area contributed by atoms with Gasteiger partial charge in [0.05, 0.1) is 24.4 Å². The van der Waals surface area contributed by atoms with Crippen molar-refractivity contribution in [3.8, 4) is 0 Å². The van der Waals surface area contributed by atoms with Gasteiger partial charge in [0.15, 0.2) is 17.7 Å². The van der Waals surface area contributed by atoms with E-state index in [1.54, 1.807) is 10.9 Å². The Morgan fingerprint density at radius 3 is 2.83 bits per heavy atom. The predicted molar refractivity (Wildman–Crippen MR) is 112 cm³/mol. The van der Waals surface area contributed by atoms with E-state index in [1.165, 1.54) is 19.4 Å². The van der Waals surface area contributed by atoms with Crippen LogP contribution in [-0.2, 0) is 21.3 Å². The van der Waals surface area contributed by atoms with Gasteiger partial charge in [-0.05, 0) is 30.9 Å². The fourth-order valence-electron chi connectivity index (χ4n) is 3.23. The van der Waals surface area contributed by atoms with E-state index in [2.05, 4.69) is 30.4 Å². The molecule has 1 atom stereocenters. The molecule has 4 heterocycles. The first-order valence-electron chi connectivity index (χ1n) is 9.34. The van der Waals surface area contributed by atoms with Crippen LogP contribution in [0.2, 0.25) is 5.28 Å². The molecule has 30 heavy (non-hydrogen) atoms. The van der Waals surface area contributed by atoms with Gasteiger partial charge in [-0.2, -0.15) is 15.1 Å². The average molecular weight is 453 g/mol. The number of rotatable bonds is 6. The number of hydrogen-bond acceptors (Lipinski definition) is 9. The maximum atomic E-state index is 11.9. The molecule has 3 aromatic rings. The third-order valence-electron chi connectivity index (χ3n) is 4.83. The minimum absolute atomic E-state index is 0.0650. The van der Waals surface area contributed by atoms with E-state index in [0.29, 0.717) is 29.2 Å². The first-order chi connectivity index (χ1) is 14.3. The van der Waals surface area contributed by atoms with E-state index in [9.17, 15) is 8.42 Å². The van der Waals surface area contributed by atoms with Gasteiger partial charge in [-0.1, -0.05) is 0 Å². The first-order valence-corrected chi connectivity index (χ1v) is 11.6. The fourth-order valence-corrected chi connectivity index (χ4v) is 3.86. The van der Waals surface area contributed by atoms with Gasteiger partial charge in [-0.15, -0.1) is 0 Å². The second kappa shape index (κ2) is 8.28. The highest BCUT2D eigenvalue weighted by Gasteiger charge is 2.22. The molecular formula is C17H21ClN8O3S. The van der Waals surface area contributed by atoms with Crippen LogP contribution in [0.25, 0.3) is 11.0 Å². The van der Waals surface area contributed by atoms with Gasteiger partial charge in [0.1, 0.15) is 11.5 Å². The Morgan fingerprint density at radius 1 is 1.30 bits per heavy atom. The van der Waals surface area contributed by atoms with Gasteiger partial charge in [0.2, 0.25) is 15.3 Å². The maximum absolute atomic E-state index is 11.9. The van der Waals surface area contributed by atoms with Crippen molar-refractivity contribution in [3.05, 3.63) is 29.6 Å². The molecule has 4 rings (SSSR count). The van der Waals surface area contributed by atoms with Crippen LogP contribution in [0, 0.1) is 0 Å². The smallest absolute Gasteiger partial charge is 0.233 e. The highest BCUT2D eigenvalue weighted by molar-refractivity contribution is 7.92. The number of fused-ring (bicyclic) bond motifs is 1. The van der Waals surface area contributed by atoms with E-state index in [4.69, 9.17) is 16.3 Å². The summed E-state index contributed by atoms with van der Waals surface area (Å²) in [5.41, 5.74) is 1.01. The van der Waals surface area contributed by atoms with Crippen molar-refractivity contribution in [3.63, 3.8) is 0 Å². The third kappa shape index (κ3) is 4.16. The molecule has 3 aromatic heterocycles. The fraction of sp³-hybridized carbons (Fsp3) is 0.471. The highest BCUT2D eigenvalue weighted by atomic mass is 35.5. The number of anilines is 2. The highest BCUT2D eigenvalue weighted by Crippen LogP contribution is 2.29. The van der Waals surface area contributed by atoms with Crippen LogP contribution in [0.15, 0.2) is 18.6 Å². The van der Waals surface area contributed by atoms with Gasteiger partial charge in [0, 0.05) is 26.0 Å². The second-order valence-electron chi connectivity index (χ2n) is 6.90. The third-order valence-corrected chi connectivity index (χ3v) is 6.16. The molecule has 1 aliphatic heterocycles. The molecule has 0 radical (unpaired) electrons. The summed E-state index contributed by atoms with van der Waals surface area (Å²) in [6, 6.07) is 0. The summed E-state index contributed by atoms with van der Waals surface area (Å²) in [6.45, 7) is 0.857. The second-order valence-corrected chi connectivity index (χ2v) is 9.25. The summed E-state index contributed by atoms with van der Waals surface area (Å²) in [6.07, 6.45) is 8.44. The number of sulfonamides is 1. The van der Waals surface area contributed by atoms with Gasteiger partial charge in [-0.3, -0.25) is 9.29 Å². The topological polar surface area (TPSA) is 128 Å². The number of nitrogens with zero attached hydrogens (tertiary/aromatic N) is 7. The first kappa shape index (κ1) is 20.7. The summed E-state index contributed by atoms with van der Waals surface area (Å²) in [4.78, 5) is 17.0. The van der Waals surface area contributed by atoms with Crippen molar-refractivity contribution < 1.29 is 13.2 Å². The van der Waals surface area contributed by atoms with Gasteiger partial charge in [-0.25, -0.2) is 18.1 Å². The van der Waals surface area contributed by atoms with E-state index >= 15 is 0 Å². The van der Waals surface area contributed by atoms with Gasteiger partial charge >= 0.3 is 0 Å². The average Bonchev–Trinajstić information content (AvgIpc) is 3.15. The predicted octanol–water partition coefficient (Wildman–Crippen LogP) is 1.98. The van der Waals surface area contributed by atoms with Crippen molar-refractivity contribution in [1.29, 1.82) is 0 Å². The summed E-state index contributed by atoms with van der Waals surface area (Å²) < 4.78 is 32.4. The summed E-state index contributed by atoms with van der Waals surface area (Å²) in [7, 11) is -2.06. The maximum Gasteiger partial charge on any atom is 0.233 e. The van der Waals surface area contributed by atoms with E-state index in [-0.39, 0.29) is 23.9 Å². The monoisotopic (exact) mass is 452 g/mol. The lowest BCUT2D eigenvalue weighted by Gasteiger charge is -2.23. The van der Waals surface area contributed by atoms with Crippen molar-refractivity contribution in [2.45, 2.75) is 32.0 Å². The number of aromatic nitrogens is 6. The molecule has 0 aliphatic carbocycles. The number of hydrogen-bond donors (Lipinski definition) is 1. The van der Waals surface area contributed by atoms with Crippen LogP contribution < -0.4 is 9.62 Å². The number of halogens is 1. The molecule has 1 fully saturated rings. The molecule has 1 aliphatic rings. The van der Waals surface area contributed by atoms with Crippen LogP contribution in [0.3, 0.4) is 0 Å². The molecule has 0 bridgehead atoms. The molecule has 0 saturated carbocycles. The lowest BCUT2D eigenvalue weighted by atomic mass is 10.2. The molecular weight excluding hydrogens is 432 g/mol. The quantitative estimate of drug-likeness (QED) is 0.558. The molecule has 1 unspecified atom stereocenters. The zero-order valence-corrected chi connectivity index (χ0v) is 18.1. The Balaban J connectivity index is 1.64. The molecule has 0 amide bonds. The molecule has 1 saturated heterocycles. The molecule has 1 N–H and O–H groups in total. The standard InChI is InChI=1S/C17H21ClN8O3S/c1-25(30(2,27)28)16-12(19-6-7-20-16)10-21-14-11-9-22-26(13-5-3-4-8-29-13)15(11)24-17(18)23-14/h6-7,9,13H,3-5,8,10H2,1-2H3,(H,21,23,24). The number of ether oxygens (including phenoxy) is 1. The van der Waals surface area contributed by atoms with Gasteiger partial charge in [0.25, 0.3) is 0 Å². The zero-order chi connectivity index (χ0) is 21.3. The Bertz CT molecular complexity index is 1160. The Kier molecular flexibility index (Phi) is 5.71. The lowest BCUT2D eigenvalue weighted by molar-refractivity contribution is -0.0370. The van der Waals surface area contributed by atoms with Crippen LogP contribution in [0.4, 0.5) is 11.6 Å². The molecule has 160 valence electrons. The molecule has 0 spiro atoms. The normalized spacial score (nSPS) is 17.2. The Labute approximate surface area is 178 Å². The van der Waals surface area contributed by atoms with Crippen LogP contribution in [0.5, 0.6) is 0 Å². The largest absolute Gasteiger partial charge is 0.364 e. The van der Waals surface area contributed by atoms with Crippen LogP contribution >= 0.6 is 11.6 Å². The molecule has 11 nitrogen and oxygen atoms in total. The minimum Gasteiger partial charge on any atom is -0.364 e. The molecule has 0 aromatic carbocycles. The zero-order valence-electron chi connectivity index (χ0n) is 16.5. The van der Waals surface area contributed by atoms with Crippen molar-refractivity contribution in [2.24, 2.45) is 0 Å². The molecule has 13 heteroatoms. The number of nitrogens with one attached hydrogen (secondary N) is 1. The van der Waals surface area contributed by atoms with Crippen LogP contribution in [0.1, 0.15) is 31.2 Å². The summed E-state index contributed by atoms with van der Waals surface area (Å²) in [5.74, 6) is 0.695.